The Labute approximate surface area is 73.6 Å². The average molecular weight is 289 g/mol. The molecule has 0 aromatic heterocycles. The SMILES string of the molecule is PP(P)[P-]P(P)P(P)P. The summed E-state index contributed by atoms with van der Waals surface area (Å²) in [5.41, 5.74) is 0. The van der Waals surface area contributed by atoms with Crippen LogP contribution in [0.2, 0.25) is 0 Å². The second kappa shape index (κ2) is 7.29. The molecule has 0 aromatic carbocycles. The minimum absolute atomic E-state index is 0.131. The third-order valence-electron chi connectivity index (χ3n) is 0.432. The molecular weight excluding hydrogens is 279 g/mol. The fourth-order valence-corrected chi connectivity index (χ4v) is 36.9. The van der Waals surface area contributed by atoms with Gasteiger partial charge >= 0.3 is 0 Å². The summed E-state index contributed by atoms with van der Waals surface area (Å²) in [6.45, 7) is 0.463. The molecule has 0 aliphatic heterocycles. The topological polar surface area (TPSA) is 0 Å². The molecule has 0 nitrogen and oxygen atoms in total. The summed E-state index contributed by atoms with van der Waals surface area (Å²) in [6, 6.07) is 0. The number of rotatable bonds is 3. The van der Waals surface area contributed by atoms with Crippen molar-refractivity contribution < 1.29 is 0 Å². The maximum Gasteiger partial charge on any atom is -0.0697 e. The summed E-state index contributed by atoms with van der Waals surface area (Å²) in [5.74, 6) is 0. The van der Waals surface area contributed by atoms with Gasteiger partial charge in [0.15, 0.2) is 0 Å². The lowest BCUT2D eigenvalue weighted by Crippen LogP contribution is -1.25. The van der Waals surface area contributed by atoms with Crippen LogP contribution in [0.15, 0.2) is 0 Å². The maximum atomic E-state index is 2.95. The van der Waals surface area contributed by atoms with E-state index in [1.165, 1.54) is 0 Å². The highest BCUT2D eigenvalue weighted by molar-refractivity contribution is 9.04. The molecule has 0 saturated carbocycles. The fraction of sp³-hybridized carbons (Fsp3) is 0. The summed E-state index contributed by atoms with van der Waals surface area (Å²) < 4.78 is 0. The second-order valence-corrected chi connectivity index (χ2v) is 31.6. The molecule has 6 atom stereocenters. The Morgan fingerprint density at radius 2 is 1.33 bits per heavy atom. The summed E-state index contributed by atoms with van der Waals surface area (Å²) in [5, 5.41) is 0. The van der Waals surface area contributed by atoms with E-state index in [9.17, 15) is 0 Å². The molecule has 56 valence electrons. The Morgan fingerprint density at radius 3 is 1.44 bits per heavy atom. The third-order valence-corrected chi connectivity index (χ3v) is 35.0. The van der Waals surface area contributed by atoms with E-state index < -0.39 is 0 Å². The minimum atomic E-state index is 0.131. The van der Waals surface area contributed by atoms with Gasteiger partial charge in [-0.3, -0.25) is 0 Å². The van der Waals surface area contributed by atoms with Gasteiger partial charge in [0.2, 0.25) is 0 Å². The Morgan fingerprint density at radius 1 is 0.889 bits per heavy atom. The van der Waals surface area contributed by atoms with Gasteiger partial charge in [0.05, 0.1) is 0 Å². The lowest BCUT2D eigenvalue weighted by molar-refractivity contribution is 4.80. The first kappa shape index (κ1) is 12.9. The maximum absolute atomic E-state index is 2.95. The van der Waals surface area contributed by atoms with Crippen LogP contribution in [0.5, 0.6) is 0 Å². The first-order valence-electron chi connectivity index (χ1n) is 1.89. The second-order valence-electron chi connectivity index (χ2n) is 1.17. The van der Waals surface area contributed by atoms with Gasteiger partial charge < -0.3 is 7.96 Å². The van der Waals surface area contributed by atoms with Crippen molar-refractivity contribution in [1.82, 2.24) is 0 Å². The van der Waals surface area contributed by atoms with Crippen molar-refractivity contribution >= 4 is 73.6 Å². The van der Waals surface area contributed by atoms with E-state index in [0.29, 0.717) is 0 Å². The van der Waals surface area contributed by atoms with E-state index >= 15 is 0 Å². The monoisotopic (exact) mass is 289 g/mol. The van der Waals surface area contributed by atoms with E-state index in [0.717, 1.165) is 0 Å². The standard InChI is InChI=1S/H10P9/c1-7(2)6-9(5)8(3)4/h1-5H2/q-1. The molecule has 0 fully saturated rings. The van der Waals surface area contributed by atoms with E-state index in [-0.39, 0.29) is 21.0 Å². The Hall–Kier alpha value is 3.87. The van der Waals surface area contributed by atoms with Crippen molar-refractivity contribution in [2.24, 2.45) is 0 Å². The molecule has 0 bridgehead atoms. The highest BCUT2D eigenvalue weighted by Gasteiger charge is 1.93. The minimum Gasteiger partial charge on any atom is -0.457 e. The largest absolute Gasteiger partial charge is 0.457 e. The Balaban J connectivity index is 3.38. The molecule has 0 spiro atoms. The average Bonchev–Trinajstić information content (AvgIpc) is 1.63. The summed E-state index contributed by atoms with van der Waals surface area (Å²) >= 11 is 0. The zero-order valence-electron chi connectivity index (χ0n) is 4.68. The van der Waals surface area contributed by atoms with Crippen LogP contribution in [0.4, 0.5) is 0 Å². The fourth-order valence-electron chi connectivity index (χ4n) is 0.152. The van der Waals surface area contributed by atoms with Crippen molar-refractivity contribution in [3.8, 4) is 0 Å². The molecule has 0 rings (SSSR count). The van der Waals surface area contributed by atoms with E-state index in [4.69, 9.17) is 0 Å². The zero-order chi connectivity index (χ0) is 7.44. The highest BCUT2D eigenvalue weighted by atomic mass is 33.1. The van der Waals surface area contributed by atoms with Crippen LogP contribution in [-0.4, -0.2) is 0 Å². The molecule has 0 radical (unpaired) electrons. The van der Waals surface area contributed by atoms with Crippen molar-refractivity contribution in [3.05, 3.63) is 0 Å². The van der Waals surface area contributed by atoms with Crippen LogP contribution < -0.4 is 0 Å². The molecular formula is H10P9-. The molecule has 0 aromatic rings. The van der Waals surface area contributed by atoms with Crippen LogP contribution in [0.3, 0.4) is 0 Å². The van der Waals surface area contributed by atoms with Crippen LogP contribution in [0.25, 0.3) is 0 Å². The number of hydrogen-bond donors (Lipinski definition) is 0. The van der Waals surface area contributed by atoms with E-state index in [1.54, 1.807) is 7.96 Å². The van der Waals surface area contributed by atoms with Gasteiger partial charge in [-0.15, -0.1) is 44.6 Å². The first-order chi connectivity index (χ1) is 4.04. The molecule has 0 N–H and O–H groups in total. The van der Waals surface area contributed by atoms with Gasteiger partial charge in [-0.05, 0) is 0 Å². The third kappa shape index (κ3) is 8.21. The van der Waals surface area contributed by atoms with E-state index in [1.807, 2.05) is 0 Å². The predicted octanol–water partition coefficient (Wildman–Crippen LogP) is 5.07. The molecule has 0 aliphatic rings. The highest BCUT2D eigenvalue weighted by Crippen LogP contribution is 2.98. The zero-order valence-corrected chi connectivity index (χ0v) is 14.0. The van der Waals surface area contributed by atoms with Crippen molar-refractivity contribution in [1.29, 1.82) is 0 Å². The smallest absolute Gasteiger partial charge is 0.0697 e. The Bertz CT molecular complexity index is 62.4. The van der Waals surface area contributed by atoms with E-state index in [2.05, 4.69) is 44.6 Å². The van der Waals surface area contributed by atoms with Crippen LogP contribution in [-0.2, 0) is 0 Å². The van der Waals surface area contributed by atoms with Gasteiger partial charge in [-0.1, -0.05) is 6.99 Å². The molecule has 0 amide bonds. The molecule has 6 unspecified atom stereocenters. The van der Waals surface area contributed by atoms with Crippen LogP contribution in [0.1, 0.15) is 0 Å². The van der Waals surface area contributed by atoms with Crippen molar-refractivity contribution in [2.45, 2.75) is 0 Å². The molecule has 0 aliphatic carbocycles. The molecule has 9 heavy (non-hydrogen) atoms. The van der Waals surface area contributed by atoms with Gasteiger partial charge in [0.1, 0.15) is 0 Å². The van der Waals surface area contributed by atoms with Crippen molar-refractivity contribution in [2.75, 3.05) is 0 Å². The number of hydrogen-bond acceptors (Lipinski definition) is 0. The summed E-state index contributed by atoms with van der Waals surface area (Å²) in [7, 11) is 16.0. The predicted molar refractivity (Wildman–Crippen MR) is 76.2 cm³/mol. The van der Waals surface area contributed by atoms with Crippen molar-refractivity contribution in [3.63, 3.8) is 0 Å². The molecule has 9 heteroatoms. The summed E-state index contributed by atoms with van der Waals surface area (Å²) in [6.07, 6.45) is 0. The molecule has 0 heterocycles. The first-order valence-corrected chi connectivity index (χ1v) is 17.0. The van der Waals surface area contributed by atoms with Gasteiger partial charge in [-0.2, -0.15) is 0 Å². The summed E-state index contributed by atoms with van der Waals surface area (Å²) in [4.78, 5) is 0. The van der Waals surface area contributed by atoms with Crippen LogP contribution >= 0.6 is 73.6 Å². The Kier molecular flexibility index (Phi) is 10.4. The van der Waals surface area contributed by atoms with Gasteiger partial charge in [0.25, 0.3) is 0 Å². The lowest BCUT2D eigenvalue weighted by Gasteiger charge is -2.34. The van der Waals surface area contributed by atoms with Gasteiger partial charge in [-0.25, -0.2) is 14.0 Å². The molecule has 0 saturated heterocycles. The quantitative estimate of drug-likeness (QED) is 0.636. The normalized spacial score (nSPS) is 16.3. The van der Waals surface area contributed by atoms with Crippen LogP contribution in [0, 0.1) is 0 Å². The lowest BCUT2D eigenvalue weighted by atomic mass is 28.9. The van der Waals surface area contributed by atoms with Gasteiger partial charge in [0, 0.05) is 0 Å².